The van der Waals surface area contributed by atoms with Crippen LogP contribution in [0, 0.1) is 18.6 Å². The molecule has 0 fully saturated rings. The van der Waals surface area contributed by atoms with E-state index in [9.17, 15) is 13.6 Å². The first-order valence-electron chi connectivity index (χ1n) is 6.55. The third kappa shape index (κ3) is 4.21. The quantitative estimate of drug-likeness (QED) is 0.789. The first-order chi connectivity index (χ1) is 10.4. The number of anilines is 1. The minimum absolute atomic E-state index is 0.236. The number of amides is 1. The van der Waals surface area contributed by atoms with Crippen molar-refractivity contribution in [3.8, 4) is 0 Å². The summed E-state index contributed by atoms with van der Waals surface area (Å²) in [5, 5.41) is 2.85. The Morgan fingerprint density at radius 1 is 1.18 bits per heavy atom. The second-order valence-corrected chi connectivity index (χ2v) is 6.64. The SMILES string of the molecule is Cc1ccc(Cl)cc1NC(=O)[C@@H](C)Sc1ccc(F)c(F)c1. The molecule has 0 aliphatic rings. The van der Waals surface area contributed by atoms with Gasteiger partial charge in [-0.05, 0) is 49.7 Å². The molecule has 1 atom stereocenters. The molecule has 2 nitrogen and oxygen atoms in total. The van der Waals surface area contributed by atoms with Crippen LogP contribution < -0.4 is 5.32 Å². The number of thioether (sulfide) groups is 1. The van der Waals surface area contributed by atoms with E-state index in [4.69, 9.17) is 11.6 Å². The number of hydrogen-bond donors (Lipinski definition) is 1. The minimum atomic E-state index is -0.928. The van der Waals surface area contributed by atoms with E-state index < -0.39 is 16.9 Å². The fourth-order valence-corrected chi connectivity index (χ4v) is 2.84. The summed E-state index contributed by atoms with van der Waals surface area (Å²) in [5.74, 6) is -2.07. The Hall–Kier alpha value is -1.59. The lowest BCUT2D eigenvalue weighted by Crippen LogP contribution is -2.22. The number of benzene rings is 2. The molecule has 2 rings (SSSR count). The van der Waals surface area contributed by atoms with Crippen molar-refractivity contribution in [2.45, 2.75) is 24.0 Å². The van der Waals surface area contributed by atoms with E-state index in [2.05, 4.69) is 5.32 Å². The van der Waals surface area contributed by atoms with Gasteiger partial charge >= 0.3 is 0 Å². The van der Waals surface area contributed by atoms with Crippen LogP contribution in [0.2, 0.25) is 5.02 Å². The molecular formula is C16H14ClF2NOS. The van der Waals surface area contributed by atoms with Crippen molar-refractivity contribution in [2.24, 2.45) is 0 Å². The maximum Gasteiger partial charge on any atom is 0.237 e. The number of aryl methyl sites for hydroxylation is 1. The van der Waals surface area contributed by atoms with Crippen molar-refractivity contribution in [2.75, 3.05) is 5.32 Å². The molecule has 2 aromatic rings. The lowest BCUT2D eigenvalue weighted by atomic mass is 10.2. The number of halogens is 3. The molecule has 0 bridgehead atoms. The second kappa shape index (κ2) is 7.11. The molecule has 0 radical (unpaired) electrons. The Balaban J connectivity index is 2.05. The summed E-state index contributed by atoms with van der Waals surface area (Å²) in [6, 6.07) is 8.79. The highest BCUT2D eigenvalue weighted by molar-refractivity contribution is 8.00. The lowest BCUT2D eigenvalue weighted by Gasteiger charge is -2.14. The van der Waals surface area contributed by atoms with Gasteiger partial charge in [0.1, 0.15) is 0 Å². The van der Waals surface area contributed by atoms with Crippen molar-refractivity contribution in [1.29, 1.82) is 0 Å². The van der Waals surface area contributed by atoms with Gasteiger partial charge in [-0.3, -0.25) is 4.79 Å². The van der Waals surface area contributed by atoms with E-state index >= 15 is 0 Å². The zero-order chi connectivity index (χ0) is 16.3. The van der Waals surface area contributed by atoms with Crippen LogP contribution in [0.5, 0.6) is 0 Å². The molecule has 0 unspecified atom stereocenters. The number of rotatable bonds is 4. The Morgan fingerprint density at radius 3 is 2.59 bits per heavy atom. The normalized spacial score (nSPS) is 12.0. The van der Waals surface area contributed by atoms with Crippen LogP contribution in [-0.2, 0) is 4.79 Å². The molecule has 0 aromatic heterocycles. The van der Waals surface area contributed by atoms with E-state index in [1.165, 1.54) is 6.07 Å². The Labute approximate surface area is 136 Å². The molecule has 0 heterocycles. The first-order valence-corrected chi connectivity index (χ1v) is 7.81. The van der Waals surface area contributed by atoms with E-state index in [1.54, 1.807) is 19.1 Å². The van der Waals surface area contributed by atoms with Crippen molar-refractivity contribution in [3.05, 3.63) is 58.6 Å². The molecule has 22 heavy (non-hydrogen) atoms. The second-order valence-electron chi connectivity index (χ2n) is 4.78. The number of carbonyl (C=O) groups excluding carboxylic acids is 1. The topological polar surface area (TPSA) is 29.1 Å². The van der Waals surface area contributed by atoms with Crippen molar-refractivity contribution in [3.63, 3.8) is 0 Å². The summed E-state index contributed by atoms with van der Waals surface area (Å²) in [5.41, 5.74) is 1.53. The highest BCUT2D eigenvalue weighted by Crippen LogP contribution is 2.27. The van der Waals surface area contributed by atoms with E-state index in [0.717, 1.165) is 29.5 Å². The Morgan fingerprint density at radius 2 is 1.91 bits per heavy atom. The highest BCUT2D eigenvalue weighted by Gasteiger charge is 2.16. The van der Waals surface area contributed by atoms with Gasteiger partial charge in [0, 0.05) is 15.6 Å². The fraction of sp³-hybridized carbons (Fsp3) is 0.188. The van der Waals surface area contributed by atoms with Gasteiger partial charge < -0.3 is 5.32 Å². The molecular weight excluding hydrogens is 328 g/mol. The van der Waals surface area contributed by atoms with Gasteiger partial charge in [-0.2, -0.15) is 0 Å². The van der Waals surface area contributed by atoms with E-state index in [1.807, 2.05) is 13.0 Å². The lowest BCUT2D eigenvalue weighted by molar-refractivity contribution is -0.115. The van der Waals surface area contributed by atoms with Crippen LogP contribution in [0.25, 0.3) is 0 Å². The molecule has 0 spiro atoms. The monoisotopic (exact) mass is 341 g/mol. The van der Waals surface area contributed by atoms with Crippen LogP contribution in [0.15, 0.2) is 41.3 Å². The van der Waals surface area contributed by atoms with Gasteiger partial charge in [-0.25, -0.2) is 8.78 Å². The molecule has 1 amide bonds. The van der Waals surface area contributed by atoms with E-state index in [-0.39, 0.29) is 5.91 Å². The highest BCUT2D eigenvalue weighted by atomic mass is 35.5. The maximum atomic E-state index is 13.2. The summed E-state index contributed by atoms with van der Waals surface area (Å²) in [4.78, 5) is 12.7. The van der Waals surface area contributed by atoms with Gasteiger partial charge in [0.15, 0.2) is 11.6 Å². The largest absolute Gasteiger partial charge is 0.325 e. The average molecular weight is 342 g/mol. The van der Waals surface area contributed by atoms with Crippen LogP contribution >= 0.6 is 23.4 Å². The van der Waals surface area contributed by atoms with Crippen LogP contribution in [-0.4, -0.2) is 11.2 Å². The summed E-state index contributed by atoms with van der Waals surface area (Å²) >= 11 is 7.06. The predicted molar refractivity (Wildman–Crippen MR) is 86.5 cm³/mol. The molecule has 0 aliphatic heterocycles. The summed E-state index contributed by atoms with van der Waals surface area (Å²) in [7, 11) is 0. The molecule has 2 aromatic carbocycles. The standard InChI is InChI=1S/C16H14ClF2NOS/c1-9-3-4-11(17)7-15(9)20-16(21)10(2)22-12-5-6-13(18)14(19)8-12/h3-8,10H,1-2H3,(H,20,21)/t10-/m1/s1. The zero-order valence-electron chi connectivity index (χ0n) is 12.0. The molecule has 0 saturated heterocycles. The fourth-order valence-electron chi connectivity index (χ4n) is 1.77. The van der Waals surface area contributed by atoms with Crippen LogP contribution in [0.4, 0.5) is 14.5 Å². The van der Waals surface area contributed by atoms with Crippen molar-refractivity contribution >= 4 is 35.0 Å². The van der Waals surface area contributed by atoms with Gasteiger partial charge in [0.05, 0.1) is 5.25 Å². The van der Waals surface area contributed by atoms with Crippen LogP contribution in [0.3, 0.4) is 0 Å². The van der Waals surface area contributed by atoms with Gasteiger partial charge in [-0.1, -0.05) is 17.7 Å². The third-order valence-electron chi connectivity index (χ3n) is 3.03. The summed E-state index contributed by atoms with van der Waals surface area (Å²) in [6.45, 7) is 3.56. The van der Waals surface area contributed by atoms with Gasteiger partial charge in [0.25, 0.3) is 0 Å². The summed E-state index contributed by atoms with van der Waals surface area (Å²) in [6.07, 6.45) is 0. The number of nitrogens with one attached hydrogen (secondary N) is 1. The molecule has 0 saturated carbocycles. The average Bonchev–Trinajstić information content (AvgIpc) is 2.46. The van der Waals surface area contributed by atoms with Crippen LogP contribution in [0.1, 0.15) is 12.5 Å². The van der Waals surface area contributed by atoms with Crippen molar-refractivity contribution < 1.29 is 13.6 Å². The predicted octanol–water partition coefficient (Wildman–Crippen LogP) is 5.05. The minimum Gasteiger partial charge on any atom is -0.325 e. The van der Waals surface area contributed by atoms with Crippen molar-refractivity contribution in [1.82, 2.24) is 0 Å². The maximum absolute atomic E-state index is 13.2. The molecule has 0 aliphatic carbocycles. The summed E-state index contributed by atoms with van der Waals surface area (Å²) < 4.78 is 26.1. The number of carbonyl (C=O) groups is 1. The molecule has 6 heteroatoms. The Kier molecular flexibility index (Phi) is 5.42. The molecule has 116 valence electrons. The van der Waals surface area contributed by atoms with E-state index in [0.29, 0.717) is 15.6 Å². The first kappa shape index (κ1) is 16.8. The third-order valence-corrected chi connectivity index (χ3v) is 4.36. The van der Waals surface area contributed by atoms with Gasteiger partial charge in [-0.15, -0.1) is 11.8 Å². The Bertz CT molecular complexity index is 709. The molecule has 1 N–H and O–H groups in total. The number of hydrogen-bond acceptors (Lipinski definition) is 2. The zero-order valence-corrected chi connectivity index (χ0v) is 13.6. The van der Waals surface area contributed by atoms with Gasteiger partial charge in [0.2, 0.25) is 5.91 Å². The smallest absolute Gasteiger partial charge is 0.237 e.